The summed E-state index contributed by atoms with van der Waals surface area (Å²) in [5.74, 6) is -0.974. The summed E-state index contributed by atoms with van der Waals surface area (Å²) in [5.41, 5.74) is 1.43. The number of esters is 2. The van der Waals surface area contributed by atoms with E-state index in [1.165, 1.54) is 11.3 Å². The number of rotatable bonds is 9. The Bertz CT molecular complexity index is 1150. The molecule has 3 heterocycles. The number of benzene rings is 1. The number of ether oxygens (including phenoxy) is 2. The number of urea groups is 1. The zero-order chi connectivity index (χ0) is 23.2. The molecule has 0 spiro atoms. The molecule has 0 unspecified atom stereocenters. The van der Waals surface area contributed by atoms with Crippen LogP contribution >= 0.6 is 22.7 Å². The molecule has 33 heavy (non-hydrogen) atoms. The molecule has 0 aliphatic carbocycles. The second-order valence-corrected chi connectivity index (χ2v) is 9.34. The molecule has 0 bridgehead atoms. The van der Waals surface area contributed by atoms with Crippen molar-refractivity contribution in [2.75, 3.05) is 13.2 Å². The number of carbonyl (C=O) groups is 3. The fraction of sp³-hybridized carbons (Fsp3) is 0.304. The van der Waals surface area contributed by atoms with Crippen LogP contribution in [0.5, 0.6) is 0 Å². The zero-order valence-corrected chi connectivity index (χ0v) is 19.6. The molecule has 4 rings (SSSR count). The number of fused-ring (bicyclic) bond motifs is 1. The molecule has 0 saturated carbocycles. The predicted octanol–water partition coefficient (Wildman–Crippen LogP) is 4.10. The van der Waals surface area contributed by atoms with E-state index in [2.05, 4.69) is 15.6 Å². The molecule has 0 saturated heterocycles. The molecule has 2 amide bonds. The van der Waals surface area contributed by atoms with Crippen LogP contribution < -0.4 is 10.6 Å². The average molecular weight is 486 g/mol. The van der Waals surface area contributed by atoms with Crippen molar-refractivity contribution >= 4 is 50.9 Å². The highest BCUT2D eigenvalue weighted by Gasteiger charge is 2.34. The van der Waals surface area contributed by atoms with E-state index in [9.17, 15) is 14.4 Å². The first-order valence-corrected chi connectivity index (χ1v) is 12.3. The summed E-state index contributed by atoms with van der Waals surface area (Å²) in [5, 5.41) is 8.17. The number of nitrogens with one attached hydrogen (secondary N) is 2. The van der Waals surface area contributed by atoms with Gasteiger partial charge in [0.05, 0.1) is 39.1 Å². The number of carbonyl (C=O) groups excluding carboxylic acids is 3. The number of thiophene rings is 1. The van der Waals surface area contributed by atoms with Gasteiger partial charge < -0.3 is 20.1 Å². The van der Waals surface area contributed by atoms with E-state index in [1.807, 2.05) is 41.8 Å². The maximum atomic E-state index is 12.7. The van der Waals surface area contributed by atoms with E-state index >= 15 is 0 Å². The summed E-state index contributed by atoms with van der Waals surface area (Å²) in [6.45, 7) is 1.67. The van der Waals surface area contributed by atoms with Gasteiger partial charge in [-0.3, -0.25) is 4.79 Å². The van der Waals surface area contributed by atoms with Crippen LogP contribution in [0.4, 0.5) is 4.79 Å². The summed E-state index contributed by atoms with van der Waals surface area (Å²) in [6.07, 6.45) is 1.47. The van der Waals surface area contributed by atoms with Crippen LogP contribution in [0.15, 0.2) is 53.0 Å². The lowest BCUT2D eigenvalue weighted by atomic mass is 10.0. The highest BCUT2D eigenvalue weighted by Crippen LogP contribution is 2.30. The molecule has 10 heteroatoms. The van der Waals surface area contributed by atoms with Crippen molar-refractivity contribution in [3.8, 4) is 0 Å². The summed E-state index contributed by atoms with van der Waals surface area (Å²) >= 11 is 3.03. The largest absolute Gasteiger partial charge is 0.463 e. The summed E-state index contributed by atoms with van der Waals surface area (Å²) in [4.78, 5) is 42.6. The van der Waals surface area contributed by atoms with Crippen molar-refractivity contribution in [1.29, 1.82) is 0 Å². The highest BCUT2D eigenvalue weighted by atomic mass is 32.1. The molecule has 0 radical (unpaired) electrons. The van der Waals surface area contributed by atoms with Crippen LogP contribution in [0.3, 0.4) is 0 Å². The molecule has 0 fully saturated rings. The molecular weight excluding hydrogens is 462 g/mol. The number of nitrogens with zero attached hydrogens (tertiary/aromatic N) is 1. The summed E-state index contributed by atoms with van der Waals surface area (Å²) in [6, 6.07) is 10.4. The predicted molar refractivity (Wildman–Crippen MR) is 126 cm³/mol. The SMILES string of the molecule is CCOC(=O)C1=C(COC(=O)CCCc2nc3ccccc3s2)NC(=O)N[C@H]1c1cccs1. The monoisotopic (exact) mass is 485 g/mol. The minimum absolute atomic E-state index is 0.187. The molecule has 3 aromatic rings. The van der Waals surface area contributed by atoms with E-state index in [0.29, 0.717) is 12.8 Å². The van der Waals surface area contributed by atoms with Gasteiger partial charge in [-0.05, 0) is 43.3 Å². The Hall–Kier alpha value is -3.24. The maximum absolute atomic E-state index is 12.7. The van der Waals surface area contributed by atoms with E-state index in [0.717, 1.165) is 20.1 Å². The van der Waals surface area contributed by atoms with Crippen LogP contribution in [0.25, 0.3) is 10.2 Å². The number of aromatic nitrogens is 1. The van der Waals surface area contributed by atoms with Crippen molar-refractivity contribution in [2.24, 2.45) is 0 Å². The quantitative estimate of drug-likeness (QED) is 0.442. The van der Waals surface area contributed by atoms with Gasteiger partial charge >= 0.3 is 18.0 Å². The molecule has 1 atom stereocenters. The molecule has 1 aromatic carbocycles. The first-order valence-electron chi connectivity index (χ1n) is 10.6. The molecule has 2 N–H and O–H groups in total. The van der Waals surface area contributed by atoms with Gasteiger partial charge in [-0.2, -0.15) is 0 Å². The van der Waals surface area contributed by atoms with Gasteiger partial charge in [-0.1, -0.05) is 18.2 Å². The Morgan fingerprint density at radius 1 is 1.15 bits per heavy atom. The van der Waals surface area contributed by atoms with Gasteiger partial charge in [0.2, 0.25) is 0 Å². The second-order valence-electron chi connectivity index (χ2n) is 7.25. The third-order valence-corrected chi connectivity index (χ3v) is 7.00. The van der Waals surface area contributed by atoms with Gasteiger partial charge in [0.25, 0.3) is 0 Å². The van der Waals surface area contributed by atoms with Crippen molar-refractivity contribution in [3.63, 3.8) is 0 Å². The number of hydrogen-bond donors (Lipinski definition) is 2. The number of para-hydroxylation sites is 1. The lowest BCUT2D eigenvalue weighted by molar-refractivity contribution is -0.143. The summed E-state index contributed by atoms with van der Waals surface area (Å²) in [7, 11) is 0. The maximum Gasteiger partial charge on any atom is 0.338 e. The Morgan fingerprint density at radius 2 is 2.00 bits per heavy atom. The lowest BCUT2D eigenvalue weighted by Gasteiger charge is -2.28. The van der Waals surface area contributed by atoms with E-state index in [4.69, 9.17) is 9.47 Å². The van der Waals surface area contributed by atoms with Gasteiger partial charge in [0, 0.05) is 11.3 Å². The van der Waals surface area contributed by atoms with Crippen LogP contribution in [0.2, 0.25) is 0 Å². The number of amides is 2. The normalized spacial score (nSPS) is 15.8. The van der Waals surface area contributed by atoms with Crippen molar-refractivity contribution in [1.82, 2.24) is 15.6 Å². The third-order valence-electron chi connectivity index (χ3n) is 4.96. The Labute approximate surface area is 198 Å². The molecule has 8 nitrogen and oxygen atoms in total. The van der Waals surface area contributed by atoms with Gasteiger partial charge in [0.1, 0.15) is 6.61 Å². The lowest BCUT2D eigenvalue weighted by Crippen LogP contribution is -2.46. The minimum atomic E-state index is -0.662. The fourth-order valence-electron chi connectivity index (χ4n) is 3.49. The molecule has 1 aliphatic rings. The van der Waals surface area contributed by atoms with Crippen molar-refractivity contribution in [2.45, 2.75) is 32.2 Å². The smallest absolute Gasteiger partial charge is 0.338 e. The average Bonchev–Trinajstić information content (AvgIpc) is 3.47. The van der Waals surface area contributed by atoms with Crippen LogP contribution in [0, 0.1) is 0 Å². The first-order chi connectivity index (χ1) is 16.0. The zero-order valence-electron chi connectivity index (χ0n) is 18.0. The molecule has 1 aliphatic heterocycles. The molecular formula is C23H23N3O5S2. The topological polar surface area (TPSA) is 107 Å². The summed E-state index contributed by atoms with van der Waals surface area (Å²) < 4.78 is 11.7. The Balaban J connectivity index is 1.39. The van der Waals surface area contributed by atoms with Gasteiger partial charge in [-0.15, -0.1) is 22.7 Å². The van der Waals surface area contributed by atoms with E-state index in [-0.39, 0.29) is 30.9 Å². The molecule has 172 valence electrons. The van der Waals surface area contributed by atoms with Crippen LogP contribution in [-0.4, -0.2) is 36.2 Å². The third kappa shape index (κ3) is 5.58. The Morgan fingerprint density at radius 3 is 2.76 bits per heavy atom. The highest BCUT2D eigenvalue weighted by molar-refractivity contribution is 7.18. The first kappa shape index (κ1) is 22.9. The number of thiazole rings is 1. The van der Waals surface area contributed by atoms with Gasteiger partial charge in [-0.25, -0.2) is 14.6 Å². The second kappa shape index (κ2) is 10.6. The number of aryl methyl sites for hydroxylation is 1. The van der Waals surface area contributed by atoms with E-state index in [1.54, 1.807) is 18.3 Å². The van der Waals surface area contributed by atoms with Crippen molar-refractivity contribution in [3.05, 3.63) is 62.9 Å². The minimum Gasteiger partial charge on any atom is -0.463 e. The van der Waals surface area contributed by atoms with Crippen LogP contribution in [0.1, 0.15) is 35.7 Å². The number of hydrogen-bond acceptors (Lipinski definition) is 8. The fourth-order valence-corrected chi connectivity index (χ4v) is 5.28. The van der Waals surface area contributed by atoms with Crippen LogP contribution in [-0.2, 0) is 25.5 Å². The van der Waals surface area contributed by atoms with E-state index < -0.39 is 24.0 Å². The van der Waals surface area contributed by atoms with Gasteiger partial charge in [0.15, 0.2) is 0 Å². The molecule has 2 aromatic heterocycles. The standard InChI is InChI=1S/C23H23N3O5S2/c1-2-30-22(28)20-15(25-23(29)26-21(20)17-9-6-12-32-17)13-31-19(27)11-5-10-18-24-14-7-3-4-8-16(14)33-18/h3-4,6-9,12,21H,2,5,10-11,13H2,1H3,(H2,25,26,29)/t21-/m0/s1. The Kier molecular flexibility index (Phi) is 7.36. The van der Waals surface area contributed by atoms with Crippen molar-refractivity contribution < 1.29 is 23.9 Å².